The van der Waals surface area contributed by atoms with Crippen LogP contribution >= 0.6 is 33.9 Å². The van der Waals surface area contributed by atoms with Crippen LogP contribution in [0.3, 0.4) is 0 Å². The van der Waals surface area contributed by atoms with Crippen LogP contribution in [0.5, 0.6) is 0 Å². The van der Waals surface area contributed by atoms with Gasteiger partial charge in [-0.25, -0.2) is 0 Å². The minimum atomic E-state index is -0.195. The van der Waals surface area contributed by atoms with E-state index in [4.69, 9.17) is 0 Å². The lowest BCUT2D eigenvalue weighted by molar-refractivity contribution is -0.139. The van der Waals surface area contributed by atoms with Gasteiger partial charge >= 0.3 is 5.97 Å². The summed E-state index contributed by atoms with van der Waals surface area (Å²) in [7, 11) is 1.41. The van der Waals surface area contributed by atoms with E-state index in [9.17, 15) is 4.79 Å². The first-order valence-corrected chi connectivity index (χ1v) is 7.71. The maximum atomic E-state index is 11.2. The molecule has 5 heteroatoms. The fraction of sp³-hybridized carbons (Fsp3) is 0.214. The van der Waals surface area contributed by atoms with Crippen molar-refractivity contribution in [3.05, 3.63) is 49.7 Å². The lowest BCUT2D eigenvalue weighted by Gasteiger charge is -2.04. The van der Waals surface area contributed by atoms with Crippen molar-refractivity contribution in [2.24, 2.45) is 0 Å². The molecule has 2 rings (SSSR count). The number of nitrogens with one attached hydrogen (secondary N) is 1. The molecule has 0 radical (unpaired) electrons. The molecule has 2 aromatic rings. The van der Waals surface area contributed by atoms with Crippen LogP contribution in [0.4, 0.5) is 5.69 Å². The van der Waals surface area contributed by atoms with Crippen molar-refractivity contribution in [3.8, 4) is 0 Å². The molecule has 0 unspecified atom stereocenters. The van der Waals surface area contributed by atoms with Gasteiger partial charge in [-0.1, -0.05) is 6.07 Å². The number of rotatable bonds is 5. The second-order valence-electron chi connectivity index (χ2n) is 3.98. The molecule has 1 aromatic carbocycles. The number of halogens is 1. The van der Waals surface area contributed by atoms with E-state index in [1.165, 1.54) is 15.6 Å². The first kappa shape index (κ1) is 14.3. The number of ether oxygens (including phenoxy) is 1. The third kappa shape index (κ3) is 4.50. The summed E-state index contributed by atoms with van der Waals surface area (Å²) in [6.07, 6.45) is 0.352. The van der Waals surface area contributed by atoms with Gasteiger partial charge in [-0.05, 0) is 52.9 Å². The number of esters is 1. The standard InChI is InChI=1S/C14H14INO2S/c1-18-14(17)8-12-5-6-13(19-12)9-16-11-4-2-3-10(15)7-11/h2-7,16H,8-9H2,1H3. The summed E-state index contributed by atoms with van der Waals surface area (Å²) in [5.74, 6) is -0.195. The van der Waals surface area contributed by atoms with Gasteiger partial charge in [-0.3, -0.25) is 4.79 Å². The van der Waals surface area contributed by atoms with Crippen molar-refractivity contribution in [1.29, 1.82) is 0 Å². The molecule has 0 fully saturated rings. The third-order valence-corrected chi connectivity index (χ3v) is 4.31. The molecular weight excluding hydrogens is 373 g/mol. The van der Waals surface area contributed by atoms with E-state index < -0.39 is 0 Å². The molecule has 1 heterocycles. The average Bonchev–Trinajstić information content (AvgIpc) is 2.84. The highest BCUT2D eigenvalue weighted by molar-refractivity contribution is 14.1. The number of methoxy groups -OCH3 is 1. The number of benzene rings is 1. The quantitative estimate of drug-likeness (QED) is 0.629. The highest BCUT2D eigenvalue weighted by Crippen LogP contribution is 2.19. The number of thiophene rings is 1. The molecule has 0 saturated carbocycles. The summed E-state index contributed by atoms with van der Waals surface area (Å²) >= 11 is 3.93. The highest BCUT2D eigenvalue weighted by atomic mass is 127. The fourth-order valence-corrected chi connectivity index (χ4v) is 3.10. The van der Waals surface area contributed by atoms with Crippen molar-refractivity contribution >= 4 is 45.6 Å². The Morgan fingerprint density at radius 2 is 2.11 bits per heavy atom. The first-order chi connectivity index (χ1) is 9.17. The maximum absolute atomic E-state index is 11.2. The van der Waals surface area contributed by atoms with Crippen LogP contribution in [0.2, 0.25) is 0 Å². The summed E-state index contributed by atoms with van der Waals surface area (Å²) in [6, 6.07) is 12.3. The van der Waals surface area contributed by atoms with Crippen molar-refractivity contribution in [1.82, 2.24) is 0 Å². The molecule has 3 nitrogen and oxygen atoms in total. The topological polar surface area (TPSA) is 38.3 Å². The van der Waals surface area contributed by atoms with Crippen LogP contribution in [0.15, 0.2) is 36.4 Å². The predicted octanol–water partition coefficient (Wildman–Crippen LogP) is 3.68. The Balaban J connectivity index is 1.91. The summed E-state index contributed by atoms with van der Waals surface area (Å²) in [6.45, 7) is 0.770. The Hall–Kier alpha value is -1.08. The largest absolute Gasteiger partial charge is 0.469 e. The van der Waals surface area contributed by atoms with Gasteiger partial charge < -0.3 is 10.1 Å². The number of hydrogen-bond donors (Lipinski definition) is 1. The Labute approximate surface area is 130 Å². The Kier molecular flexibility index (Phi) is 5.21. The zero-order valence-electron chi connectivity index (χ0n) is 10.5. The molecule has 0 bridgehead atoms. The minimum absolute atomic E-state index is 0.195. The number of anilines is 1. The number of carbonyl (C=O) groups excluding carboxylic acids is 1. The smallest absolute Gasteiger partial charge is 0.310 e. The van der Waals surface area contributed by atoms with E-state index in [1.54, 1.807) is 11.3 Å². The molecule has 19 heavy (non-hydrogen) atoms. The second-order valence-corrected chi connectivity index (χ2v) is 6.48. The monoisotopic (exact) mass is 387 g/mol. The Morgan fingerprint density at radius 3 is 2.84 bits per heavy atom. The molecule has 0 aliphatic rings. The van der Waals surface area contributed by atoms with E-state index in [2.05, 4.69) is 44.8 Å². The molecular formula is C14H14INO2S. The molecule has 0 saturated heterocycles. The van der Waals surface area contributed by atoms with Gasteiger partial charge in [0.15, 0.2) is 0 Å². The van der Waals surface area contributed by atoms with Crippen LogP contribution in [0.1, 0.15) is 9.75 Å². The van der Waals surface area contributed by atoms with E-state index in [0.717, 1.165) is 17.1 Å². The molecule has 0 atom stereocenters. The van der Waals surface area contributed by atoms with Crippen LogP contribution < -0.4 is 5.32 Å². The minimum Gasteiger partial charge on any atom is -0.469 e. The lowest BCUT2D eigenvalue weighted by Crippen LogP contribution is -2.02. The van der Waals surface area contributed by atoms with Gasteiger partial charge in [-0.2, -0.15) is 0 Å². The molecule has 1 aromatic heterocycles. The lowest BCUT2D eigenvalue weighted by atomic mass is 10.3. The van der Waals surface area contributed by atoms with Crippen LogP contribution in [-0.4, -0.2) is 13.1 Å². The molecule has 0 aliphatic heterocycles. The van der Waals surface area contributed by atoms with E-state index >= 15 is 0 Å². The van der Waals surface area contributed by atoms with Crippen molar-refractivity contribution < 1.29 is 9.53 Å². The molecule has 1 N–H and O–H groups in total. The average molecular weight is 387 g/mol. The maximum Gasteiger partial charge on any atom is 0.310 e. The first-order valence-electron chi connectivity index (χ1n) is 5.81. The Morgan fingerprint density at radius 1 is 1.32 bits per heavy atom. The highest BCUT2D eigenvalue weighted by Gasteiger charge is 2.06. The second kappa shape index (κ2) is 6.91. The van der Waals surface area contributed by atoms with Gasteiger partial charge in [0.25, 0.3) is 0 Å². The fourth-order valence-electron chi connectivity index (χ4n) is 1.61. The summed E-state index contributed by atoms with van der Waals surface area (Å²) in [5, 5.41) is 3.37. The van der Waals surface area contributed by atoms with Gasteiger partial charge in [0, 0.05) is 25.6 Å². The summed E-state index contributed by atoms with van der Waals surface area (Å²) in [4.78, 5) is 13.4. The van der Waals surface area contributed by atoms with Crippen LogP contribution in [-0.2, 0) is 22.5 Å². The van der Waals surface area contributed by atoms with E-state index in [-0.39, 0.29) is 5.97 Å². The molecule has 100 valence electrons. The van der Waals surface area contributed by atoms with E-state index in [1.807, 2.05) is 24.3 Å². The van der Waals surface area contributed by atoms with Crippen molar-refractivity contribution in [3.63, 3.8) is 0 Å². The zero-order chi connectivity index (χ0) is 13.7. The van der Waals surface area contributed by atoms with Crippen molar-refractivity contribution in [2.75, 3.05) is 12.4 Å². The molecule has 0 aliphatic carbocycles. The summed E-state index contributed by atoms with van der Waals surface area (Å²) in [5.41, 5.74) is 1.11. The zero-order valence-corrected chi connectivity index (χ0v) is 13.5. The third-order valence-electron chi connectivity index (χ3n) is 2.55. The van der Waals surface area contributed by atoms with Crippen LogP contribution in [0.25, 0.3) is 0 Å². The van der Waals surface area contributed by atoms with Gasteiger partial charge in [0.05, 0.1) is 13.5 Å². The van der Waals surface area contributed by atoms with Gasteiger partial charge in [-0.15, -0.1) is 11.3 Å². The predicted molar refractivity (Wildman–Crippen MR) is 86.5 cm³/mol. The number of carbonyl (C=O) groups is 1. The molecule has 0 spiro atoms. The van der Waals surface area contributed by atoms with Gasteiger partial charge in [0.1, 0.15) is 0 Å². The normalized spacial score (nSPS) is 10.2. The Bertz CT molecular complexity index is 568. The van der Waals surface area contributed by atoms with Crippen molar-refractivity contribution in [2.45, 2.75) is 13.0 Å². The SMILES string of the molecule is COC(=O)Cc1ccc(CNc2cccc(I)c2)s1. The van der Waals surface area contributed by atoms with E-state index in [0.29, 0.717) is 6.42 Å². The van der Waals surface area contributed by atoms with Crippen LogP contribution in [0, 0.1) is 3.57 Å². The van der Waals surface area contributed by atoms with Gasteiger partial charge in [0.2, 0.25) is 0 Å². The summed E-state index contributed by atoms with van der Waals surface area (Å²) < 4.78 is 5.87. The molecule has 0 amide bonds. The number of hydrogen-bond acceptors (Lipinski definition) is 4.